The zero-order valence-electron chi connectivity index (χ0n) is 11.0. The van der Waals surface area contributed by atoms with Crippen LogP contribution in [0.15, 0.2) is 0 Å². The summed E-state index contributed by atoms with van der Waals surface area (Å²) in [6, 6.07) is -0.147. The molecule has 2 aliphatic heterocycles. The molecule has 2 saturated heterocycles. The van der Waals surface area contributed by atoms with Crippen molar-refractivity contribution in [2.45, 2.75) is 45.1 Å². The summed E-state index contributed by atoms with van der Waals surface area (Å²) in [7, 11) is 0. The molecular weight excluding hydrogens is 232 g/mol. The van der Waals surface area contributed by atoms with Gasteiger partial charge in [0.25, 0.3) is 0 Å². The van der Waals surface area contributed by atoms with Crippen molar-refractivity contribution in [1.82, 2.24) is 9.80 Å². The molecule has 2 aliphatic rings. The molecular formula is C13H22N2O3. The van der Waals surface area contributed by atoms with Gasteiger partial charge in [0.2, 0.25) is 0 Å². The Morgan fingerprint density at radius 1 is 1.06 bits per heavy atom. The molecule has 0 saturated carbocycles. The van der Waals surface area contributed by atoms with Crippen molar-refractivity contribution in [3.8, 4) is 0 Å². The predicted molar refractivity (Wildman–Crippen MR) is 67.3 cm³/mol. The third-order valence-electron chi connectivity index (χ3n) is 4.19. The van der Waals surface area contributed by atoms with Crippen LogP contribution in [-0.2, 0) is 4.79 Å². The van der Waals surface area contributed by atoms with Gasteiger partial charge in [-0.2, -0.15) is 0 Å². The number of rotatable bonds is 1. The minimum Gasteiger partial charge on any atom is -0.481 e. The minimum atomic E-state index is -0.784. The first-order valence-electron chi connectivity index (χ1n) is 6.89. The van der Waals surface area contributed by atoms with Crippen molar-refractivity contribution in [1.29, 1.82) is 0 Å². The van der Waals surface area contributed by atoms with E-state index in [1.807, 2.05) is 11.8 Å². The van der Waals surface area contributed by atoms with Crippen LogP contribution < -0.4 is 0 Å². The molecule has 2 rings (SSSR count). The Hall–Kier alpha value is -1.26. The van der Waals surface area contributed by atoms with E-state index in [0.717, 1.165) is 25.9 Å². The summed E-state index contributed by atoms with van der Waals surface area (Å²) in [6.45, 7) is 4.06. The number of likely N-dealkylation sites (tertiary alicyclic amines) is 2. The molecule has 2 fully saturated rings. The van der Waals surface area contributed by atoms with Gasteiger partial charge in [0.05, 0.1) is 5.92 Å². The summed E-state index contributed by atoms with van der Waals surface area (Å²) in [5.74, 6) is -1.19. The van der Waals surface area contributed by atoms with Gasteiger partial charge >= 0.3 is 12.0 Å². The van der Waals surface area contributed by atoms with Gasteiger partial charge in [0, 0.05) is 25.7 Å². The molecule has 2 unspecified atom stereocenters. The maximum absolute atomic E-state index is 12.4. The SMILES string of the molecule is CC1C(C(=O)O)CCN1C(=O)N1CCCCCC1. The lowest BCUT2D eigenvalue weighted by molar-refractivity contribution is -0.142. The number of carboxylic acid groups (broad SMARTS) is 1. The van der Waals surface area contributed by atoms with Crippen molar-refractivity contribution in [2.24, 2.45) is 5.92 Å². The molecule has 0 aromatic heterocycles. The van der Waals surface area contributed by atoms with Gasteiger partial charge in [0.15, 0.2) is 0 Å². The lowest BCUT2D eigenvalue weighted by Crippen LogP contribution is -2.46. The van der Waals surface area contributed by atoms with Gasteiger partial charge in [-0.05, 0) is 26.2 Å². The van der Waals surface area contributed by atoms with Crippen LogP contribution in [-0.4, -0.2) is 52.6 Å². The summed E-state index contributed by atoms with van der Waals surface area (Å²) in [6.07, 6.45) is 5.09. The van der Waals surface area contributed by atoms with E-state index < -0.39 is 11.9 Å². The van der Waals surface area contributed by atoms with Gasteiger partial charge in [-0.25, -0.2) is 4.79 Å². The maximum Gasteiger partial charge on any atom is 0.320 e. The second-order valence-electron chi connectivity index (χ2n) is 5.35. The normalized spacial score (nSPS) is 29.2. The highest BCUT2D eigenvalue weighted by molar-refractivity contribution is 5.78. The average Bonchev–Trinajstić information content (AvgIpc) is 2.56. The summed E-state index contributed by atoms with van der Waals surface area (Å²) in [5.41, 5.74) is 0. The molecule has 0 radical (unpaired) electrons. The Labute approximate surface area is 108 Å². The molecule has 0 spiro atoms. The number of carbonyl (C=O) groups is 2. The number of hydrogen-bond acceptors (Lipinski definition) is 2. The van der Waals surface area contributed by atoms with Crippen molar-refractivity contribution < 1.29 is 14.7 Å². The highest BCUT2D eigenvalue weighted by Crippen LogP contribution is 2.26. The molecule has 0 aromatic carbocycles. The Bertz CT molecular complexity index is 324. The van der Waals surface area contributed by atoms with Gasteiger partial charge in [0.1, 0.15) is 0 Å². The number of hydrogen-bond donors (Lipinski definition) is 1. The zero-order chi connectivity index (χ0) is 13.1. The van der Waals surface area contributed by atoms with Crippen LogP contribution in [0.5, 0.6) is 0 Å². The van der Waals surface area contributed by atoms with E-state index in [9.17, 15) is 9.59 Å². The number of carbonyl (C=O) groups excluding carboxylic acids is 1. The number of urea groups is 1. The monoisotopic (exact) mass is 254 g/mol. The maximum atomic E-state index is 12.4. The number of nitrogens with zero attached hydrogens (tertiary/aromatic N) is 2. The molecule has 2 heterocycles. The van der Waals surface area contributed by atoms with Crippen LogP contribution >= 0.6 is 0 Å². The van der Waals surface area contributed by atoms with E-state index >= 15 is 0 Å². The smallest absolute Gasteiger partial charge is 0.320 e. The topological polar surface area (TPSA) is 60.9 Å². The second kappa shape index (κ2) is 5.59. The van der Waals surface area contributed by atoms with Gasteiger partial charge < -0.3 is 14.9 Å². The standard InChI is InChI=1S/C13H22N2O3/c1-10-11(12(16)17)6-9-15(10)13(18)14-7-4-2-3-5-8-14/h10-11H,2-9H2,1H3,(H,16,17). The van der Waals surface area contributed by atoms with Crippen molar-refractivity contribution in [3.63, 3.8) is 0 Å². The van der Waals surface area contributed by atoms with E-state index in [2.05, 4.69) is 0 Å². The Balaban J connectivity index is 1.98. The first-order chi connectivity index (χ1) is 8.61. The molecule has 0 aromatic rings. The average molecular weight is 254 g/mol. The minimum absolute atomic E-state index is 0.0353. The van der Waals surface area contributed by atoms with Gasteiger partial charge in [-0.15, -0.1) is 0 Å². The van der Waals surface area contributed by atoms with E-state index in [4.69, 9.17) is 5.11 Å². The molecule has 1 N–H and O–H groups in total. The Kier molecular flexibility index (Phi) is 4.09. The highest BCUT2D eigenvalue weighted by Gasteiger charge is 2.39. The number of amides is 2. The molecule has 0 bridgehead atoms. The predicted octanol–water partition coefficient (Wildman–Crippen LogP) is 1.78. The third kappa shape index (κ3) is 2.60. The first kappa shape index (κ1) is 13.2. The van der Waals surface area contributed by atoms with Gasteiger partial charge in [-0.1, -0.05) is 12.8 Å². The van der Waals surface area contributed by atoms with E-state index in [1.54, 1.807) is 4.90 Å². The van der Waals surface area contributed by atoms with E-state index in [0.29, 0.717) is 13.0 Å². The summed E-state index contributed by atoms with van der Waals surface area (Å²) < 4.78 is 0. The van der Waals surface area contributed by atoms with E-state index in [-0.39, 0.29) is 12.1 Å². The summed E-state index contributed by atoms with van der Waals surface area (Å²) in [5, 5.41) is 9.09. The van der Waals surface area contributed by atoms with Crippen molar-refractivity contribution in [3.05, 3.63) is 0 Å². The van der Waals surface area contributed by atoms with Crippen LogP contribution in [0.4, 0.5) is 4.79 Å². The van der Waals surface area contributed by atoms with Gasteiger partial charge in [-0.3, -0.25) is 4.79 Å². The van der Waals surface area contributed by atoms with Crippen LogP contribution in [0.25, 0.3) is 0 Å². The second-order valence-corrected chi connectivity index (χ2v) is 5.35. The molecule has 2 amide bonds. The highest BCUT2D eigenvalue weighted by atomic mass is 16.4. The molecule has 18 heavy (non-hydrogen) atoms. The summed E-state index contributed by atoms with van der Waals surface area (Å²) in [4.78, 5) is 27.1. The largest absolute Gasteiger partial charge is 0.481 e. The quantitative estimate of drug-likeness (QED) is 0.776. The number of carboxylic acids is 1. The van der Waals surface area contributed by atoms with Crippen LogP contribution in [0.3, 0.4) is 0 Å². The lowest BCUT2D eigenvalue weighted by Gasteiger charge is -2.30. The summed E-state index contributed by atoms with van der Waals surface area (Å²) >= 11 is 0. The Morgan fingerprint density at radius 3 is 2.17 bits per heavy atom. The zero-order valence-corrected chi connectivity index (χ0v) is 11.0. The fourth-order valence-electron chi connectivity index (χ4n) is 2.98. The van der Waals surface area contributed by atoms with Crippen molar-refractivity contribution in [2.75, 3.05) is 19.6 Å². The van der Waals surface area contributed by atoms with Crippen LogP contribution in [0.1, 0.15) is 39.0 Å². The molecule has 0 aliphatic carbocycles. The fraction of sp³-hybridized carbons (Fsp3) is 0.846. The fourth-order valence-corrected chi connectivity index (χ4v) is 2.98. The first-order valence-corrected chi connectivity index (χ1v) is 6.89. The molecule has 5 nitrogen and oxygen atoms in total. The third-order valence-corrected chi connectivity index (χ3v) is 4.19. The molecule has 102 valence electrons. The van der Waals surface area contributed by atoms with Crippen LogP contribution in [0, 0.1) is 5.92 Å². The molecule has 2 atom stereocenters. The van der Waals surface area contributed by atoms with Crippen LogP contribution in [0.2, 0.25) is 0 Å². The lowest BCUT2D eigenvalue weighted by atomic mass is 10.0. The van der Waals surface area contributed by atoms with Crippen molar-refractivity contribution >= 4 is 12.0 Å². The molecule has 5 heteroatoms. The Morgan fingerprint density at radius 2 is 1.67 bits per heavy atom. The number of aliphatic carboxylic acids is 1. The van der Waals surface area contributed by atoms with E-state index in [1.165, 1.54) is 12.8 Å².